The summed E-state index contributed by atoms with van der Waals surface area (Å²) in [5.74, 6) is 0.871. The van der Waals surface area contributed by atoms with Crippen LogP contribution in [0.3, 0.4) is 0 Å². The van der Waals surface area contributed by atoms with Crippen molar-refractivity contribution in [3.63, 3.8) is 0 Å². The first kappa shape index (κ1) is 17.9. The van der Waals surface area contributed by atoms with E-state index in [-0.39, 0.29) is 0 Å². The number of rotatable bonds is 5. The molecule has 1 fully saturated rings. The third-order valence-corrected chi connectivity index (χ3v) is 5.20. The lowest BCUT2D eigenvalue weighted by molar-refractivity contribution is 0.122. The van der Waals surface area contributed by atoms with E-state index >= 15 is 0 Å². The molecule has 0 aliphatic carbocycles. The van der Waals surface area contributed by atoms with Crippen LogP contribution in [0.2, 0.25) is 0 Å². The minimum absolute atomic E-state index is 0.722. The molecule has 1 aliphatic rings. The van der Waals surface area contributed by atoms with Crippen molar-refractivity contribution in [2.45, 2.75) is 13.1 Å². The molecule has 0 N–H and O–H groups in total. The van der Waals surface area contributed by atoms with Crippen LogP contribution in [-0.2, 0) is 13.1 Å². The van der Waals surface area contributed by atoms with Crippen molar-refractivity contribution in [3.8, 4) is 11.8 Å². The molecule has 2 aromatic rings. The van der Waals surface area contributed by atoms with Gasteiger partial charge in [-0.1, -0.05) is 18.2 Å². The van der Waals surface area contributed by atoms with Crippen LogP contribution in [0.4, 0.5) is 0 Å². The standard InChI is InChI=1S/C20H22BrN3O/c1-25-20-7-6-18(12-19(20)21)15-24-10-8-23(9-11-24)14-17-4-2-16(13-22)3-5-17/h2-7,12H,8-11,14-15H2,1H3. The maximum Gasteiger partial charge on any atom is 0.133 e. The molecule has 0 amide bonds. The van der Waals surface area contributed by atoms with E-state index in [1.807, 2.05) is 18.2 Å². The van der Waals surface area contributed by atoms with Crippen molar-refractivity contribution in [2.24, 2.45) is 0 Å². The van der Waals surface area contributed by atoms with Gasteiger partial charge in [0.2, 0.25) is 0 Å². The maximum absolute atomic E-state index is 8.87. The van der Waals surface area contributed by atoms with Crippen LogP contribution >= 0.6 is 15.9 Å². The lowest BCUT2D eigenvalue weighted by Gasteiger charge is -2.34. The zero-order chi connectivity index (χ0) is 17.6. The lowest BCUT2D eigenvalue weighted by Crippen LogP contribution is -2.45. The molecule has 0 spiro atoms. The number of halogens is 1. The number of hydrogen-bond acceptors (Lipinski definition) is 4. The first-order valence-electron chi connectivity index (χ1n) is 8.44. The molecular formula is C20H22BrN3O. The summed E-state index contributed by atoms with van der Waals surface area (Å²) in [5, 5.41) is 8.87. The Hall–Kier alpha value is -1.87. The number of benzene rings is 2. The molecule has 25 heavy (non-hydrogen) atoms. The van der Waals surface area contributed by atoms with Gasteiger partial charge < -0.3 is 4.74 Å². The number of piperazine rings is 1. The van der Waals surface area contributed by atoms with E-state index in [0.717, 1.165) is 55.1 Å². The Morgan fingerprint density at radius 3 is 2.04 bits per heavy atom. The summed E-state index contributed by atoms with van der Waals surface area (Å²) in [6.07, 6.45) is 0. The van der Waals surface area contributed by atoms with E-state index in [4.69, 9.17) is 10.00 Å². The number of ether oxygens (including phenoxy) is 1. The normalized spacial score (nSPS) is 15.7. The number of nitriles is 1. The number of hydrogen-bond donors (Lipinski definition) is 0. The van der Waals surface area contributed by atoms with Crippen molar-refractivity contribution in [1.29, 1.82) is 5.26 Å². The average Bonchev–Trinajstić information content (AvgIpc) is 2.64. The van der Waals surface area contributed by atoms with Gasteiger partial charge in [0.05, 0.1) is 23.2 Å². The second kappa shape index (κ2) is 8.48. The van der Waals surface area contributed by atoms with E-state index in [0.29, 0.717) is 0 Å². The van der Waals surface area contributed by atoms with Gasteiger partial charge in [-0.25, -0.2) is 0 Å². The molecule has 5 heteroatoms. The molecular weight excluding hydrogens is 378 g/mol. The van der Waals surface area contributed by atoms with Crippen LogP contribution < -0.4 is 4.74 Å². The van der Waals surface area contributed by atoms with Crippen molar-refractivity contribution in [1.82, 2.24) is 9.80 Å². The predicted molar refractivity (Wildman–Crippen MR) is 102 cm³/mol. The largest absolute Gasteiger partial charge is 0.496 e. The fraction of sp³-hybridized carbons (Fsp3) is 0.350. The molecule has 1 aliphatic heterocycles. The van der Waals surface area contributed by atoms with Gasteiger partial charge in [-0.2, -0.15) is 5.26 Å². The van der Waals surface area contributed by atoms with Gasteiger partial charge in [-0.05, 0) is 51.3 Å². The Morgan fingerprint density at radius 1 is 0.960 bits per heavy atom. The first-order chi connectivity index (χ1) is 12.2. The molecule has 1 heterocycles. The minimum Gasteiger partial charge on any atom is -0.496 e. The fourth-order valence-electron chi connectivity index (χ4n) is 3.11. The van der Waals surface area contributed by atoms with Crippen LogP contribution in [0.25, 0.3) is 0 Å². The molecule has 1 saturated heterocycles. The van der Waals surface area contributed by atoms with Crippen molar-refractivity contribution in [3.05, 3.63) is 63.6 Å². The highest BCUT2D eigenvalue weighted by Crippen LogP contribution is 2.26. The minimum atomic E-state index is 0.722. The zero-order valence-electron chi connectivity index (χ0n) is 14.4. The van der Waals surface area contributed by atoms with Crippen molar-refractivity contribution >= 4 is 15.9 Å². The molecule has 0 atom stereocenters. The quantitative estimate of drug-likeness (QED) is 0.768. The maximum atomic E-state index is 8.87. The summed E-state index contributed by atoms with van der Waals surface area (Å²) in [5.41, 5.74) is 3.29. The summed E-state index contributed by atoms with van der Waals surface area (Å²) in [6.45, 7) is 6.19. The lowest BCUT2D eigenvalue weighted by atomic mass is 10.1. The Balaban J connectivity index is 1.49. The van der Waals surface area contributed by atoms with Gasteiger partial charge in [-0.3, -0.25) is 9.80 Å². The third-order valence-electron chi connectivity index (χ3n) is 4.58. The van der Waals surface area contributed by atoms with Gasteiger partial charge in [0.15, 0.2) is 0 Å². The molecule has 0 bridgehead atoms. The Morgan fingerprint density at radius 2 is 1.52 bits per heavy atom. The SMILES string of the molecule is COc1ccc(CN2CCN(Cc3ccc(C#N)cc3)CC2)cc1Br. The molecule has 2 aromatic carbocycles. The van der Waals surface area contributed by atoms with Crippen LogP contribution in [0.15, 0.2) is 46.9 Å². The van der Waals surface area contributed by atoms with Crippen LogP contribution in [0, 0.1) is 11.3 Å². The highest BCUT2D eigenvalue weighted by molar-refractivity contribution is 9.10. The smallest absolute Gasteiger partial charge is 0.133 e. The van der Waals surface area contributed by atoms with Crippen molar-refractivity contribution in [2.75, 3.05) is 33.3 Å². The summed E-state index contributed by atoms with van der Waals surface area (Å²) < 4.78 is 6.30. The van der Waals surface area contributed by atoms with Gasteiger partial charge in [0.25, 0.3) is 0 Å². The Bertz CT molecular complexity index is 747. The molecule has 4 nitrogen and oxygen atoms in total. The van der Waals surface area contributed by atoms with Gasteiger partial charge in [-0.15, -0.1) is 0 Å². The predicted octanol–water partition coefficient (Wildman–Crippen LogP) is 3.65. The second-order valence-corrected chi connectivity index (χ2v) is 7.18. The zero-order valence-corrected chi connectivity index (χ0v) is 16.0. The fourth-order valence-corrected chi connectivity index (χ4v) is 3.70. The monoisotopic (exact) mass is 399 g/mol. The van der Waals surface area contributed by atoms with Crippen LogP contribution in [-0.4, -0.2) is 43.1 Å². The molecule has 0 radical (unpaired) electrons. The Labute approximate surface area is 157 Å². The van der Waals surface area contributed by atoms with Crippen LogP contribution in [0.5, 0.6) is 5.75 Å². The van der Waals surface area contributed by atoms with Crippen LogP contribution in [0.1, 0.15) is 16.7 Å². The molecule has 130 valence electrons. The van der Waals surface area contributed by atoms with E-state index in [9.17, 15) is 0 Å². The topological polar surface area (TPSA) is 39.5 Å². The summed E-state index contributed by atoms with van der Waals surface area (Å²) in [4.78, 5) is 4.96. The Kier molecular flexibility index (Phi) is 6.09. The second-order valence-electron chi connectivity index (χ2n) is 6.33. The highest BCUT2D eigenvalue weighted by atomic mass is 79.9. The first-order valence-corrected chi connectivity index (χ1v) is 9.23. The molecule has 0 unspecified atom stereocenters. The van der Waals surface area contributed by atoms with E-state index in [1.54, 1.807) is 7.11 Å². The van der Waals surface area contributed by atoms with E-state index in [1.165, 1.54) is 11.1 Å². The molecule has 0 saturated carbocycles. The summed E-state index contributed by atoms with van der Waals surface area (Å²) in [6, 6.07) is 16.4. The molecule has 3 rings (SSSR count). The summed E-state index contributed by atoms with van der Waals surface area (Å²) in [7, 11) is 1.69. The van der Waals surface area contributed by atoms with Gasteiger partial charge in [0.1, 0.15) is 5.75 Å². The van der Waals surface area contributed by atoms with Gasteiger partial charge >= 0.3 is 0 Å². The van der Waals surface area contributed by atoms with Crippen molar-refractivity contribution < 1.29 is 4.74 Å². The average molecular weight is 400 g/mol. The number of nitrogens with zero attached hydrogens (tertiary/aromatic N) is 3. The third kappa shape index (κ3) is 4.82. The van der Waals surface area contributed by atoms with E-state index < -0.39 is 0 Å². The summed E-state index contributed by atoms with van der Waals surface area (Å²) >= 11 is 3.56. The van der Waals surface area contributed by atoms with Gasteiger partial charge in [0, 0.05) is 39.3 Å². The number of methoxy groups -OCH3 is 1. The van der Waals surface area contributed by atoms with E-state index in [2.05, 4.69) is 56.1 Å². The molecule has 0 aromatic heterocycles. The highest BCUT2D eigenvalue weighted by Gasteiger charge is 2.17.